The fourth-order valence-corrected chi connectivity index (χ4v) is 5.81. The van der Waals surface area contributed by atoms with E-state index in [1.807, 2.05) is 0 Å². The second kappa shape index (κ2) is 15.6. The van der Waals surface area contributed by atoms with Crippen LogP contribution in [-0.2, 0) is 16.1 Å². The Hall–Kier alpha value is -3.76. The molecular weight excluding hydrogens is 666 g/mol. The quantitative estimate of drug-likeness (QED) is 0.0959. The standard InChI is InChI=1S/C34H35ClF6N2O5/c1-47-16-17-48-29-11-8-24(19-26(29)28(44)10-7-21-2-4-22(5-3-21)12-13-33(36,37)38)43-30(45)25-18-23(6-9-27(25)35)20-42-31(46)32(14-15-32)34(39,40)41/h6,8-9,11,18-19,21-22H,2-5,7,10,14-17,20H2,1H3,(H,42,46)(H,43,45). The highest BCUT2D eigenvalue weighted by Crippen LogP contribution is 2.57. The Kier molecular flexibility index (Phi) is 12.1. The predicted molar refractivity (Wildman–Crippen MR) is 166 cm³/mol. The summed E-state index contributed by atoms with van der Waals surface area (Å²) in [7, 11) is 1.50. The number of alkyl halides is 6. The van der Waals surface area contributed by atoms with Gasteiger partial charge in [0.25, 0.3) is 5.91 Å². The number of amides is 2. The number of benzene rings is 2. The summed E-state index contributed by atoms with van der Waals surface area (Å²) in [6.07, 6.45) is -6.67. The van der Waals surface area contributed by atoms with E-state index in [2.05, 4.69) is 16.6 Å². The predicted octanol–water partition coefficient (Wildman–Crippen LogP) is 7.91. The molecule has 7 nitrogen and oxygen atoms in total. The Bertz CT molecular complexity index is 1550. The van der Waals surface area contributed by atoms with Gasteiger partial charge in [0, 0.05) is 37.6 Å². The molecule has 48 heavy (non-hydrogen) atoms. The molecule has 4 rings (SSSR count). The van der Waals surface area contributed by atoms with E-state index in [0.717, 1.165) is 0 Å². The number of anilines is 1. The van der Waals surface area contributed by atoms with Gasteiger partial charge in [-0.3, -0.25) is 14.4 Å². The molecule has 14 heteroatoms. The molecule has 0 heterocycles. The molecule has 2 fully saturated rings. The zero-order chi connectivity index (χ0) is 35.1. The largest absolute Gasteiger partial charge is 0.490 e. The van der Waals surface area contributed by atoms with Crippen LogP contribution in [0.5, 0.6) is 5.75 Å². The van der Waals surface area contributed by atoms with E-state index in [1.165, 1.54) is 49.4 Å². The molecule has 0 saturated heterocycles. The first kappa shape index (κ1) is 37.1. The van der Waals surface area contributed by atoms with Crippen LogP contribution < -0.4 is 15.4 Å². The fraction of sp³-hybridized carbons (Fsp3) is 0.500. The molecule has 0 aliphatic heterocycles. The number of Topliss-reactive ketones (excluding diaryl/α,β-unsaturated/α-hetero) is 1. The van der Waals surface area contributed by atoms with Gasteiger partial charge in [-0.1, -0.05) is 23.6 Å². The van der Waals surface area contributed by atoms with Crippen molar-refractivity contribution in [2.75, 3.05) is 25.6 Å². The van der Waals surface area contributed by atoms with E-state index in [0.29, 0.717) is 37.7 Å². The van der Waals surface area contributed by atoms with E-state index >= 15 is 0 Å². The van der Waals surface area contributed by atoms with Crippen molar-refractivity contribution in [1.29, 1.82) is 0 Å². The molecule has 260 valence electrons. The zero-order valence-corrected chi connectivity index (χ0v) is 26.8. The summed E-state index contributed by atoms with van der Waals surface area (Å²) in [5.74, 6) is 1.74. The van der Waals surface area contributed by atoms with Crippen molar-refractivity contribution in [2.24, 2.45) is 17.3 Å². The van der Waals surface area contributed by atoms with Crippen LogP contribution in [0.2, 0.25) is 5.02 Å². The van der Waals surface area contributed by atoms with E-state index in [1.54, 1.807) is 0 Å². The van der Waals surface area contributed by atoms with Gasteiger partial charge in [0.1, 0.15) is 17.8 Å². The minimum Gasteiger partial charge on any atom is -0.490 e. The zero-order valence-electron chi connectivity index (χ0n) is 26.1. The molecule has 2 aliphatic carbocycles. The van der Waals surface area contributed by atoms with Crippen LogP contribution in [0.3, 0.4) is 0 Å². The minimum atomic E-state index is -4.65. The number of rotatable bonds is 13. The molecule has 2 saturated carbocycles. The number of halogens is 7. The van der Waals surface area contributed by atoms with Gasteiger partial charge in [0.2, 0.25) is 5.91 Å². The third-order valence-corrected chi connectivity index (χ3v) is 8.91. The summed E-state index contributed by atoms with van der Waals surface area (Å²) in [6, 6.07) is 8.78. The van der Waals surface area contributed by atoms with Crippen molar-refractivity contribution >= 4 is 34.9 Å². The maximum absolute atomic E-state index is 13.4. The lowest BCUT2D eigenvalue weighted by Crippen LogP contribution is -2.40. The summed E-state index contributed by atoms with van der Waals surface area (Å²) in [6.45, 7) is 0.177. The van der Waals surface area contributed by atoms with Crippen molar-refractivity contribution in [2.45, 2.75) is 70.3 Å². The SMILES string of the molecule is COCCOc1ccc(NC(=O)c2cc(CNC(=O)C3(C(F)(F)F)CC3)ccc2Cl)cc1C(=O)CCC1CCC(C#CC(F)(F)F)CC1. The average molecular weight is 701 g/mol. The van der Waals surface area contributed by atoms with Crippen LogP contribution in [0.4, 0.5) is 32.0 Å². The molecule has 0 bridgehead atoms. The molecular formula is C34H35ClF6N2O5. The van der Waals surface area contributed by atoms with Gasteiger partial charge in [-0.2, -0.15) is 26.3 Å². The van der Waals surface area contributed by atoms with Crippen molar-refractivity contribution in [3.8, 4) is 17.6 Å². The second-order valence-corrected chi connectivity index (χ2v) is 12.4. The maximum atomic E-state index is 13.4. The van der Waals surface area contributed by atoms with E-state index in [-0.39, 0.29) is 84.2 Å². The van der Waals surface area contributed by atoms with Crippen LogP contribution in [0.1, 0.15) is 77.6 Å². The molecule has 2 amide bonds. The van der Waals surface area contributed by atoms with Crippen LogP contribution >= 0.6 is 11.6 Å². The number of methoxy groups -OCH3 is 1. The van der Waals surface area contributed by atoms with Gasteiger partial charge in [0.05, 0.1) is 22.8 Å². The molecule has 2 aromatic carbocycles. The van der Waals surface area contributed by atoms with Gasteiger partial charge in [-0.15, -0.1) is 0 Å². The van der Waals surface area contributed by atoms with Crippen molar-refractivity contribution in [3.63, 3.8) is 0 Å². The lowest BCUT2D eigenvalue weighted by Gasteiger charge is -2.25. The summed E-state index contributed by atoms with van der Waals surface area (Å²) in [5, 5.41) is 5.04. The molecule has 2 aromatic rings. The molecule has 0 spiro atoms. The van der Waals surface area contributed by atoms with Gasteiger partial charge < -0.3 is 20.1 Å². The second-order valence-electron chi connectivity index (χ2n) is 12.0. The molecule has 0 unspecified atom stereocenters. The Morgan fingerprint density at radius 2 is 1.67 bits per heavy atom. The summed E-state index contributed by atoms with van der Waals surface area (Å²) in [4.78, 5) is 38.9. The molecule has 0 atom stereocenters. The van der Waals surface area contributed by atoms with Gasteiger partial charge >= 0.3 is 12.4 Å². The first-order valence-electron chi connectivity index (χ1n) is 15.4. The number of carbonyl (C=O) groups is 3. The smallest absolute Gasteiger partial charge is 0.457 e. The number of ketones is 1. The van der Waals surface area contributed by atoms with Gasteiger partial charge in [0.15, 0.2) is 5.78 Å². The third kappa shape index (κ3) is 9.89. The first-order valence-corrected chi connectivity index (χ1v) is 15.8. The van der Waals surface area contributed by atoms with Crippen LogP contribution in [0.25, 0.3) is 0 Å². The maximum Gasteiger partial charge on any atom is 0.457 e. The minimum absolute atomic E-state index is 0.00389. The highest BCUT2D eigenvalue weighted by atomic mass is 35.5. The van der Waals surface area contributed by atoms with Crippen molar-refractivity contribution in [1.82, 2.24) is 5.32 Å². The number of carbonyl (C=O) groups excluding carboxylic acids is 3. The van der Waals surface area contributed by atoms with E-state index < -0.39 is 29.6 Å². The molecule has 0 aromatic heterocycles. The lowest BCUT2D eigenvalue weighted by molar-refractivity contribution is -0.192. The highest BCUT2D eigenvalue weighted by molar-refractivity contribution is 6.34. The normalized spacial score (nSPS) is 18.7. The summed E-state index contributed by atoms with van der Waals surface area (Å²) in [5.41, 5.74) is -1.54. The number of nitrogens with one attached hydrogen (secondary N) is 2. The van der Waals surface area contributed by atoms with Crippen molar-refractivity contribution < 1.29 is 50.2 Å². The average Bonchev–Trinajstić information content (AvgIpc) is 3.86. The van der Waals surface area contributed by atoms with E-state index in [9.17, 15) is 40.7 Å². The van der Waals surface area contributed by atoms with Crippen LogP contribution in [0, 0.1) is 29.1 Å². The Balaban J connectivity index is 1.41. The number of ether oxygens (including phenoxy) is 2. The fourth-order valence-electron chi connectivity index (χ4n) is 5.61. The van der Waals surface area contributed by atoms with Gasteiger partial charge in [-0.25, -0.2) is 0 Å². The van der Waals surface area contributed by atoms with Crippen LogP contribution in [-0.4, -0.2) is 50.3 Å². The van der Waals surface area contributed by atoms with E-state index in [4.69, 9.17) is 21.1 Å². The highest BCUT2D eigenvalue weighted by Gasteiger charge is 2.68. The Morgan fingerprint density at radius 3 is 2.29 bits per heavy atom. The third-order valence-electron chi connectivity index (χ3n) is 8.58. The Labute approximate surface area is 279 Å². The summed E-state index contributed by atoms with van der Waals surface area (Å²) < 4.78 is 87.9. The first-order chi connectivity index (χ1) is 22.6. The number of hydrogen-bond donors (Lipinski definition) is 2. The van der Waals surface area contributed by atoms with Crippen molar-refractivity contribution in [3.05, 3.63) is 58.1 Å². The topological polar surface area (TPSA) is 93.7 Å². The summed E-state index contributed by atoms with van der Waals surface area (Å²) >= 11 is 6.26. The lowest BCUT2D eigenvalue weighted by atomic mass is 9.80. The van der Waals surface area contributed by atoms with Gasteiger partial charge in [-0.05, 0) is 86.8 Å². The molecule has 0 radical (unpaired) electrons. The monoisotopic (exact) mass is 700 g/mol. The number of hydrogen-bond acceptors (Lipinski definition) is 5. The molecule has 2 N–H and O–H groups in total. The Morgan fingerprint density at radius 1 is 0.958 bits per heavy atom. The molecule has 2 aliphatic rings. The van der Waals surface area contributed by atoms with Crippen LogP contribution in [0.15, 0.2) is 36.4 Å².